The van der Waals surface area contributed by atoms with Gasteiger partial charge in [-0.15, -0.1) is 0 Å². The Balaban J connectivity index is 3.38. The van der Waals surface area contributed by atoms with E-state index in [4.69, 9.17) is 5.11 Å². The molecule has 0 saturated heterocycles. The summed E-state index contributed by atoms with van der Waals surface area (Å²) in [7, 11) is 3.55. The normalized spacial score (nSPS) is 9.92. The van der Waals surface area contributed by atoms with Crippen molar-refractivity contribution < 1.29 is 14.7 Å². The number of carbonyl (C=O) groups is 2. The van der Waals surface area contributed by atoms with E-state index in [9.17, 15) is 9.59 Å². The zero-order valence-corrected chi connectivity index (χ0v) is 7.33. The van der Waals surface area contributed by atoms with E-state index >= 15 is 0 Å². The minimum Gasteiger partial charge on any atom is -0.481 e. The van der Waals surface area contributed by atoms with Crippen molar-refractivity contribution in [3.05, 3.63) is 0 Å². The van der Waals surface area contributed by atoms with Gasteiger partial charge in [-0.3, -0.25) is 9.59 Å². The molecule has 1 amide bonds. The summed E-state index contributed by atoms with van der Waals surface area (Å²) in [5.41, 5.74) is 0. The van der Waals surface area contributed by atoms with E-state index in [1.165, 1.54) is 0 Å². The van der Waals surface area contributed by atoms with Crippen LogP contribution in [0.3, 0.4) is 0 Å². The van der Waals surface area contributed by atoms with Crippen molar-refractivity contribution in [2.45, 2.75) is 6.42 Å². The molecule has 5 heteroatoms. The Morgan fingerprint density at radius 3 is 2.42 bits per heavy atom. The van der Waals surface area contributed by atoms with Gasteiger partial charge < -0.3 is 15.3 Å². The number of rotatable bonds is 5. The average Bonchev–Trinajstić information content (AvgIpc) is 1.84. The van der Waals surface area contributed by atoms with Crippen molar-refractivity contribution in [1.29, 1.82) is 0 Å². The first-order valence-electron chi connectivity index (χ1n) is 3.65. The van der Waals surface area contributed by atoms with Crippen molar-refractivity contribution in [2.75, 3.05) is 27.2 Å². The fourth-order valence-corrected chi connectivity index (χ4v) is 0.652. The Morgan fingerprint density at radius 1 is 1.42 bits per heavy atom. The standard InChI is InChI=1S/C7H14N2O3/c1-9(2)5-6(10)8-4-3-7(11)12/h3-5H2,1-2H3,(H,8,10)(H,11,12). The Morgan fingerprint density at radius 2 is 2.00 bits per heavy atom. The number of hydrogen-bond donors (Lipinski definition) is 2. The van der Waals surface area contributed by atoms with E-state index < -0.39 is 5.97 Å². The second-order valence-electron chi connectivity index (χ2n) is 2.73. The third-order valence-corrected chi connectivity index (χ3v) is 1.12. The molecule has 0 radical (unpaired) electrons. The minimum atomic E-state index is -0.903. The van der Waals surface area contributed by atoms with E-state index in [0.29, 0.717) is 6.54 Å². The maximum atomic E-state index is 10.9. The number of carboxylic acid groups (broad SMARTS) is 1. The predicted molar refractivity (Wildman–Crippen MR) is 43.8 cm³/mol. The average molecular weight is 174 g/mol. The molecule has 70 valence electrons. The van der Waals surface area contributed by atoms with Crippen LogP contribution in [0, 0.1) is 0 Å². The lowest BCUT2D eigenvalue weighted by Gasteiger charge is -2.08. The Bertz CT molecular complexity index is 168. The quantitative estimate of drug-likeness (QED) is 0.569. The van der Waals surface area contributed by atoms with Crippen LogP contribution < -0.4 is 5.32 Å². The highest BCUT2D eigenvalue weighted by Gasteiger charge is 2.02. The van der Waals surface area contributed by atoms with Gasteiger partial charge in [-0.25, -0.2) is 0 Å². The van der Waals surface area contributed by atoms with Crippen LogP contribution in [-0.4, -0.2) is 49.1 Å². The minimum absolute atomic E-state index is 0.0286. The first-order valence-corrected chi connectivity index (χ1v) is 3.65. The number of hydrogen-bond acceptors (Lipinski definition) is 3. The monoisotopic (exact) mass is 174 g/mol. The van der Waals surface area contributed by atoms with Gasteiger partial charge in [0.05, 0.1) is 13.0 Å². The van der Waals surface area contributed by atoms with Crippen molar-refractivity contribution >= 4 is 11.9 Å². The molecular formula is C7H14N2O3. The first-order chi connectivity index (χ1) is 5.52. The Hall–Kier alpha value is -1.10. The van der Waals surface area contributed by atoms with Crippen molar-refractivity contribution in [2.24, 2.45) is 0 Å². The van der Waals surface area contributed by atoms with E-state index in [1.807, 2.05) is 0 Å². The number of nitrogens with zero attached hydrogens (tertiary/aromatic N) is 1. The van der Waals surface area contributed by atoms with E-state index in [0.717, 1.165) is 0 Å². The van der Waals surface area contributed by atoms with E-state index in [1.54, 1.807) is 19.0 Å². The summed E-state index contributed by atoms with van der Waals surface area (Å²) in [5.74, 6) is -1.05. The van der Waals surface area contributed by atoms with Gasteiger partial charge in [-0.2, -0.15) is 0 Å². The molecule has 0 fully saturated rings. The molecule has 0 saturated carbocycles. The fraction of sp³-hybridized carbons (Fsp3) is 0.714. The maximum Gasteiger partial charge on any atom is 0.305 e. The number of carbonyl (C=O) groups excluding carboxylic acids is 1. The number of carboxylic acids is 1. The lowest BCUT2D eigenvalue weighted by molar-refractivity contribution is -0.136. The van der Waals surface area contributed by atoms with Gasteiger partial charge in [0.2, 0.25) is 5.91 Å². The second-order valence-corrected chi connectivity index (χ2v) is 2.73. The molecule has 5 nitrogen and oxygen atoms in total. The van der Waals surface area contributed by atoms with Crippen LogP contribution in [0.15, 0.2) is 0 Å². The highest BCUT2D eigenvalue weighted by Crippen LogP contribution is 1.77. The summed E-state index contributed by atoms with van der Waals surface area (Å²) in [4.78, 5) is 22.6. The Kier molecular flexibility index (Phi) is 5.03. The number of likely N-dealkylation sites (N-methyl/N-ethyl adjacent to an activating group) is 1. The molecule has 0 aliphatic heterocycles. The molecule has 0 aromatic carbocycles. The third-order valence-electron chi connectivity index (χ3n) is 1.12. The van der Waals surface area contributed by atoms with Crippen molar-refractivity contribution in [1.82, 2.24) is 10.2 Å². The van der Waals surface area contributed by atoms with Crippen LogP contribution in [0.4, 0.5) is 0 Å². The summed E-state index contributed by atoms with van der Waals surface area (Å²) in [5, 5.41) is 10.7. The van der Waals surface area contributed by atoms with Crippen LogP contribution in [0.5, 0.6) is 0 Å². The van der Waals surface area contributed by atoms with Gasteiger partial charge in [-0.1, -0.05) is 0 Å². The molecule has 0 aromatic heterocycles. The lowest BCUT2D eigenvalue weighted by atomic mass is 10.4. The van der Waals surface area contributed by atoms with Crippen LogP contribution >= 0.6 is 0 Å². The number of aliphatic carboxylic acids is 1. The summed E-state index contributed by atoms with van der Waals surface area (Å²) in [6.45, 7) is 0.488. The molecule has 12 heavy (non-hydrogen) atoms. The molecule has 0 heterocycles. The largest absolute Gasteiger partial charge is 0.481 e. The molecule has 0 aliphatic carbocycles. The van der Waals surface area contributed by atoms with E-state index in [2.05, 4.69) is 5.32 Å². The smallest absolute Gasteiger partial charge is 0.305 e. The zero-order chi connectivity index (χ0) is 9.56. The molecule has 0 rings (SSSR count). The highest BCUT2D eigenvalue weighted by atomic mass is 16.4. The molecule has 0 aromatic rings. The summed E-state index contributed by atoms with van der Waals surface area (Å²) >= 11 is 0. The van der Waals surface area contributed by atoms with Crippen LogP contribution in [0.25, 0.3) is 0 Å². The summed E-state index contributed by atoms with van der Waals surface area (Å²) in [6, 6.07) is 0. The molecule has 0 aliphatic rings. The SMILES string of the molecule is CN(C)CC(=O)NCCC(=O)O. The van der Waals surface area contributed by atoms with E-state index in [-0.39, 0.29) is 18.9 Å². The number of nitrogens with one attached hydrogen (secondary N) is 1. The van der Waals surface area contributed by atoms with Gasteiger partial charge in [-0.05, 0) is 14.1 Å². The summed E-state index contributed by atoms with van der Waals surface area (Å²) in [6.07, 6.45) is -0.0286. The van der Waals surface area contributed by atoms with Crippen LogP contribution in [-0.2, 0) is 9.59 Å². The summed E-state index contributed by atoms with van der Waals surface area (Å²) < 4.78 is 0. The van der Waals surface area contributed by atoms with Gasteiger partial charge in [0.15, 0.2) is 0 Å². The van der Waals surface area contributed by atoms with Crippen molar-refractivity contribution in [3.63, 3.8) is 0 Å². The molecule has 0 bridgehead atoms. The Labute approximate surface area is 71.4 Å². The number of amides is 1. The topological polar surface area (TPSA) is 69.6 Å². The van der Waals surface area contributed by atoms with Gasteiger partial charge in [0.25, 0.3) is 0 Å². The molecular weight excluding hydrogens is 160 g/mol. The first kappa shape index (κ1) is 10.9. The van der Waals surface area contributed by atoms with Gasteiger partial charge >= 0.3 is 5.97 Å². The van der Waals surface area contributed by atoms with Crippen molar-refractivity contribution in [3.8, 4) is 0 Å². The van der Waals surface area contributed by atoms with Crippen LogP contribution in [0.2, 0.25) is 0 Å². The second kappa shape index (κ2) is 5.54. The lowest BCUT2D eigenvalue weighted by Crippen LogP contribution is -2.34. The zero-order valence-electron chi connectivity index (χ0n) is 7.33. The molecule has 2 N–H and O–H groups in total. The molecule has 0 unspecified atom stereocenters. The highest BCUT2D eigenvalue weighted by molar-refractivity contribution is 5.78. The van der Waals surface area contributed by atoms with Gasteiger partial charge in [0, 0.05) is 6.54 Å². The van der Waals surface area contributed by atoms with Crippen LogP contribution in [0.1, 0.15) is 6.42 Å². The molecule has 0 atom stereocenters. The molecule has 0 spiro atoms. The fourth-order valence-electron chi connectivity index (χ4n) is 0.652. The predicted octanol–water partition coefficient (Wildman–Crippen LogP) is -0.861. The third kappa shape index (κ3) is 7.01. The van der Waals surface area contributed by atoms with Gasteiger partial charge in [0.1, 0.15) is 0 Å². The maximum absolute atomic E-state index is 10.9.